The van der Waals surface area contributed by atoms with Gasteiger partial charge in [0.2, 0.25) is 0 Å². The van der Waals surface area contributed by atoms with E-state index in [-0.39, 0.29) is 6.04 Å². The predicted octanol–water partition coefficient (Wildman–Crippen LogP) is 5.92. The second-order valence-electron chi connectivity index (χ2n) is 8.94. The molecule has 0 unspecified atom stereocenters. The standard InChI is InChI=1S/C28H35ClN2O3/c1-4-5-6-25(31-17-15-30(16-18-31)22-9-11-23(33-2)12-10-22)28(32)21-7-13-24-20(19-21)8-14-26(34-3)27(24)29/h7-14,19,25,28,32H,4-6,15-18H2,1-3H3/t25-,28+/m0/s1. The summed E-state index contributed by atoms with van der Waals surface area (Å²) in [5.41, 5.74) is 2.15. The predicted molar refractivity (Wildman–Crippen MR) is 141 cm³/mol. The average Bonchev–Trinajstić information content (AvgIpc) is 2.89. The van der Waals surface area contributed by atoms with E-state index in [4.69, 9.17) is 21.1 Å². The highest BCUT2D eigenvalue weighted by atomic mass is 35.5. The molecule has 0 radical (unpaired) electrons. The highest BCUT2D eigenvalue weighted by Gasteiger charge is 2.30. The molecule has 34 heavy (non-hydrogen) atoms. The smallest absolute Gasteiger partial charge is 0.138 e. The van der Waals surface area contributed by atoms with E-state index in [0.29, 0.717) is 10.8 Å². The van der Waals surface area contributed by atoms with Crippen molar-refractivity contribution in [3.63, 3.8) is 0 Å². The summed E-state index contributed by atoms with van der Waals surface area (Å²) in [6.45, 7) is 5.93. The Balaban J connectivity index is 1.50. The molecule has 182 valence electrons. The summed E-state index contributed by atoms with van der Waals surface area (Å²) in [6, 6.07) is 18.3. The van der Waals surface area contributed by atoms with Gasteiger partial charge in [-0.1, -0.05) is 49.6 Å². The van der Waals surface area contributed by atoms with E-state index in [2.05, 4.69) is 34.9 Å². The van der Waals surface area contributed by atoms with Crippen molar-refractivity contribution < 1.29 is 14.6 Å². The fourth-order valence-corrected chi connectivity index (χ4v) is 5.22. The van der Waals surface area contributed by atoms with Crippen molar-refractivity contribution in [2.75, 3.05) is 45.3 Å². The lowest BCUT2D eigenvalue weighted by Crippen LogP contribution is -2.52. The quantitative estimate of drug-likeness (QED) is 0.410. The van der Waals surface area contributed by atoms with Gasteiger partial charge in [-0.2, -0.15) is 0 Å². The van der Waals surface area contributed by atoms with Crippen LogP contribution in [0.4, 0.5) is 5.69 Å². The number of aliphatic hydroxyl groups excluding tert-OH is 1. The number of halogens is 1. The number of unbranched alkanes of at least 4 members (excludes halogenated alkanes) is 1. The Morgan fingerprint density at radius 3 is 2.32 bits per heavy atom. The van der Waals surface area contributed by atoms with Gasteiger partial charge in [0.15, 0.2) is 0 Å². The van der Waals surface area contributed by atoms with E-state index in [0.717, 1.165) is 67.5 Å². The van der Waals surface area contributed by atoms with Gasteiger partial charge in [0.1, 0.15) is 11.5 Å². The molecule has 4 rings (SSSR count). The molecule has 0 bridgehead atoms. The van der Waals surface area contributed by atoms with Crippen LogP contribution in [0.25, 0.3) is 10.8 Å². The third-order valence-electron chi connectivity index (χ3n) is 6.94. The molecular formula is C28H35ClN2O3. The molecule has 1 aliphatic heterocycles. The minimum absolute atomic E-state index is 0.0872. The number of rotatable bonds is 9. The molecule has 6 heteroatoms. The Hall–Kier alpha value is -2.47. The average molecular weight is 483 g/mol. The number of hydrogen-bond acceptors (Lipinski definition) is 5. The van der Waals surface area contributed by atoms with Gasteiger partial charge in [0.25, 0.3) is 0 Å². The maximum atomic E-state index is 11.5. The molecule has 0 aliphatic carbocycles. The number of fused-ring (bicyclic) bond motifs is 1. The zero-order chi connectivity index (χ0) is 24.1. The molecule has 0 amide bonds. The van der Waals surface area contributed by atoms with Crippen LogP contribution in [0, 0.1) is 0 Å². The van der Waals surface area contributed by atoms with E-state index >= 15 is 0 Å². The summed E-state index contributed by atoms with van der Waals surface area (Å²) in [7, 11) is 3.31. The third kappa shape index (κ3) is 5.27. The summed E-state index contributed by atoms with van der Waals surface area (Å²) < 4.78 is 10.6. The van der Waals surface area contributed by atoms with Gasteiger partial charge in [-0.25, -0.2) is 0 Å². The maximum absolute atomic E-state index is 11.5. The van der Waals surface area contributed by atoms with Gasteiger partial charge < -0.3 is 19.5 Å². The van der Waals surface area contributed by atoms with Crippen LogP contribution in [-0.2, 0) is 0 Å². The number of nitrogens with zero attached hydrogens (tertiary/aromatic N) is 2. The second-order valence-corrected chi connectivity index (χ2v) is 9.32. The first kappa shape index (κ1) is 24.6. The van der Waals surface area contributed by atoms with Crippen LogP contribution in [0.3, 0.4) is 0 Å². The summed E-state index contributed by atoms with van der Waals surface area (Å²) in [4.78, 5) is 4.87. The van der Waals surface area contributed by atoms with E-state index in [1.165, 1.54) is 5.69 Å². The van der Waals surface area contributed by atoms with Crippen molar-refractivity contribution in [1.82, 2.24) is 4.90 Å². The number of methoxy groups -OCH3 is 2. The maximum Gasteiger partial charge on any atom is 0.138 e. The normalized spacial score (nSPS) is 16.4. The van der Waals surface area contributed by atoms with Gasteiger partial charge in [0.05, 0.1) is 25.3 Å². The Labute approximate surface area is 207 Å². The fraction of sp³-hybridized carbons (Fsp3) is 0.429. The molecule has 5 nitrogen and oxygen atoms in total. The van der Waals surface area contributed by atoms with Gasteiger partial charge >= 0.3 is 0 Å². The summed E-state index contributed by atoms with van der Waals surface area (Å²) in [5.74, 6) is 1.54. The Morgan fingerprint density at radius 2 is 1.68 bits per heavy atom. The molecule has 1 N–H and O–H groups in total. The zero-order valence-corrected chi connectivity index (χ0v) is 21.1. The molecule has 0 aromatic heterocycles. The molecule has 1 heterocycles. The summed E-state index contributed by atoms with van der Waals surface area (Å²) in [5, 5.41) is 14.1. The van der Waals surface area contributed by atoms with Crippen LogP contribution >= 0.6 is 11.6 Å². The molecule has 0 spiro atoms. The van der Waals surface area contributed by atoms with Gasteiger partial charge in [0, 0.05) is 43.3 Å². The second kappa shape index (κ2) is 11.3. The van der Waals surface area contributed by atoms with Crippen LogP contribution in [0.1, 0.15) is 37.9 Å². The minimum atomic E-state index is -0.552. The lowest BCUT2D eigenvalue weighted by atomic mass is 9.94. The van der Waals surface area contributed by atoms with E-state index in [9.17, 15) is 5.11 Å². The number of hydrogen-bond donors (Lipinski definition) is 1. The van der Waals surface area contributed by atoms with Crippen molar-refractivity contribution in [3.8, 4) is 11.5 Å². The lowest BCUT2D eigenvalue weighted by Gasteiger charge is -2.42. The zero-order valence-electron chi connectivity index (χ0n) is 20.3. The minimum Gasteiger partial charge on any atom is -0.497 e. The molecular weight excluding hydrogens is 448 g/mol. The molecule has 0 saturated carbocycles. The van der Waals surface area contributed by atoms with Crippen LogP contribution < -0.4 is 14.4 Å². The molecule has 1 aliphatic rings. The molecule has 1 fully saturated rings. The topological polar surface area (TPSA) is 45.2 Å². The first-order chi connectivity index (χ1) is 16.5. The van der Waals surface area contributed by atoms with Crippen molar-refractivity contribution in [2.24, 2.45) is 0 Å². The lowest BCUT2D eigenvalue weighted by molar-refractivity contribution is 0.0386. The van der Waals surface area contributed by atoms with Crippen molar-refractivity contribution in [2.45, 2.75) is 38.3 Å². The Kier molecular flexibility index (Phi) is 8.19. The molecule has 2 atom stereocenters. The third-order valence-corrected chi connectivity index (χ3v) is 7.33. The number of ether oxygens (including phenoxy) is 2. The van der Waals surface area contributed by atoms with Crippen LogP contribution in [0.5, 0.6) is 11.5 Å². The van der Waals surface area contributed by atoms with Gasteiger partial charge in [-0.15, -0.1) is 0 Å². The largest absolute Gasteiger partial charge is 0.497 e. The van der Waals surface area contributed by atoms with Crippen LogP contribution in [-0.4, -0.2) is 56.4 Å². The monoisotopic (exact) mass is 482 g/mol. The van der Waals surface area contributed by atoms with Crippen LogP contribution in [0.2, 0.25) is 5.02 Å². The SMILES string of the molecule is CCCC[C@@H]([C@H](O)c1ccc2c(Cl)c(OC)ccc2c1)N1CCN(c2ccc(OC)cc2)CC1. The fourth-order valence-electron chi connectivity index (χ4n) is 4.91. The number of benzene rings is 3. The Bertz CT molecular complexity index is 1080. The van der Waals surface area contributed by atoms with E-state index < -0.39 is 6.10 Å². The first-order valence-corrected chi connectivity index (χ1v) is 12.5. The highest BCUT2D eigenvalue weighted by molar-refractivity contribution is 6.37. The Morgan fingerprint density at radius 1 is 0.941 bits per heavy atom. The summed E-state index contributed by atoms with van der Waals surface area (Å²) >= 11 is 6.50. The van der Waals surface area contributed by atoms with Crippen LogP contribution in [0.15, 0.2) is 54.6 Å². The number of aliphatic hydroxyl groups is 1. The number of piperazine rings is 1. The van der Waals surface area contributed by atoms with E-state index in [1.807, 2.05) is 36.4 Å². The highest BCUT2D eigenvalue weighted by Crippen LogP contribution is 2.35. The van der Waals surface area contributed by atoms with Crippen molar-refractivity contribution in [3.05, 3.63) is 65.2 Å². The molecule has 1 saturated heterocycles. The van der Waals surface area contributed by atoms with Crippen molar-refractivity contribution >= 4 is 28.1 Å². The van der Waals surface area contributed by atoms with Gasteiger partial charge in [-0.3, -0.25) is 4.90 Å². The molecule has 3 aromatic rings. The van der Waals surface area contributed by atoms with Gasteiger partial charge in [-0.05, 0) is 53.8 Å². The number of anilines is 1. The first-order valence-electron chi connectivity index (χ1n) is 12.1. The van der Waals surface area contributed by atoms with E-state index in [1.54, 1.807) is 14.2 Å². The molecule has 3 aromatic carbocycles. The summed E-state index contributed by atoms with van der Waals surface area (Å²) in [6.07, 6.45) is 2.63. The van der Waals surface area contributed by atoms with Crippen molar-refractivity contribution in [1.29, 1.82) is 0 Å².